The zero-order chi connectivity index (χ0) is 14.0. The zero-order valence-electron chi connectivity index (χ0n) is 11.9. The molecule has 3 N–H and O–H groups in total. The standard InChI is InChI=1S/C15H21N3O/c1-5-15(2,3)13-12(14(16)18-17-13)10-7-6-8-11(9-10)19-4/h6-9H,5H2,1-4H3,(H3,16,17,18). The van der Waals surface area contributed by atoms with Gasteiger partial charge in [0.25, 0.3) is 0 Å². The highest BCUT2D eigenvalue weighted by molar-refractivity contribution is 5.78. The van der Waals surface area contributed by atoms with Crippen molar-refractivity contribution < 1.29 is 4.74 Å². The Morgan fingerprint density at radius 2 is 2.11 bits per heavy atom. The van der Waals surface area contributed by atoms with Crippen molar-refractivity contribution >= 4 is 5.82 Å². The minimum Gasteiger partial charge on any atom is -0.497 e. The maximum Gasteiger partial charge on any atom is 0.153 e. The largest absolute Gasteiger partial charge is 0.497 e. The number of hydrogen-bond donors (Lipinski definition) is 2. The van der Waals surface area contributed by atoms with Crippen LogP contribution in [-0.2, 0) is 5.41 Å². The molecule has 2 aromatic rings. The van der Waals surface area contributed by atoms with E-state index >= 15 is 0 Å². The summed E-state index contributed by atoms with van der Waals surface area (Å²) >= 11 is 0. The van der Waals surface area contributed by atoms with Gasteiger partial charge >= 0.3 is 0 Å². The summed E-state index contributed by atoms with van der Waals surface area (Å²) in [5.74, 6) is 1.35. The highest BCUT2D eigenvalue weighted by atomic mass is 16.5. The van der Waals surface area contributed by atoms with E-state index < -0.39 is 0 Å². The third-order valence-electron chi connectivity index (χ3n) is 3.71. The molecule has 1 aromatic carbocycles. The minimum atomic E-state index is 0.00301. The summed E-state index contributed by atoms with van der Waals surface area (Å²) < 4.78 is 5.27. The van der Waals surface area contributed by atoms with E-state index in [4.69, 9.17) is 10.5 Å². The molecule has 0 fully saturated rings. The number of anilines is 1. The maximum absolute atomic E-state index is 6.03. The number of nitrogen functional groups attached to an aromatic ring is 1. The van der Waals surface area contributed by atoms with Crippen LogP contribution in [0.3, 0.4) is 0 Å². The molecular weight excluding hydrogens is 238 g/mol. The van der Waals surface area contributed by atoms with Crippen LogP contribution in [0.15, 0.2) is 24.3 Å². The number of methoxy groups -OCH3 is 1. The predicted octanol–water partition coefficient (Wildman–Crippen LogP) is 3.36. The number of ether oxygens (including phenoxy) is 1. The van der Waals surface area contributed by atoms with Gasteiger partial charge in [-0.1, -0.05) is 32.9 Å². The van der Waals surface area contributed by atoms with Crippen LogP contribution in [-0.4, -0.2) is 17.3 Å². The molecule has 0 unspecified atom stereocenters. The number of aromatic nitrogens is 2. The van der Waals surface area contributed by atoms with Crippen LogP contribution in [0.25, 0.3) is 11.1 Å². The Labute approximate surface area is 114 Å². The zero-order valence-corrected chi connectivity index (χ0v) is 11.9. The molecule has 0 saturated carbocycles. The molecule has 0 atom stereocenters. The molecule has 19 heavy (non-hydrogen) atoms. The fourth-order valence-corrected chi connectivity index (χ4v) is 2.09. The van der Waals surface area contributed by atoms with Gasteiger partial charge in [0.15, 0.2) is 5.82 Å². The Morgan fingerprint density at radius 3 is 2.74 bits per heavy atom. The van der Waals surface area contributed by atoms with Gasteiger partial charge in [0.05, 0.1) is 12.8 Å². The van der Waals surface area contributed by atoms with Crippen molar-refractivity contribution in [2.24, 2.45) is 0 Å². The molecule has 0 radical (unpaired) electrons. The van der Waals surface area contributed by atoms with Crippen molar-refractivity contribution in [1.29, 1.82) is 0 Å². The number of aromatic amines is 1. The molecule has 4 nitrogen and oxygen atoms in total. The quantitative estimate of drug-likeness (QED) is 0.885. The monoisotopic (exact) mass is 259 g/mol. The molecule has 4 heteroatoms. The Morgan fingerprint density at radius 1 is 1.37 bits per heavy atom. The third-order valence-corrected chi connectivity index (χ3v) is 3.71. The van der Waals surface area contributed by atoms with Gasteiger partial charge < -0.3 is 10.5 Å². The summed E-state index contributed by atoms with van der Waals surface area (Å²) in [6.07, 6.45) is 1.01. The number of rotatable bonds is 4. The van der Waals surface area contributed by atoms with Gasteiger partial charge in [0, 0.05) is 11.0 Å². The molecule has 0 aliphatic heterocycles. The Kier molecular flexibility index (Phi) is 3.51. The molecule has 0 amide bonds. The normalized spacial score (nSPS) is 11.6. The number of hydrogen-bond acceptors (Lipinski definition) is 3. The van der Waals surface area contributed by atoms with E-state index in [1.165, 1.54) is 0 Å². The Bertz CT molecular complexity index is 573. The third kappa shape index (κ3) is 2.43. The molecule has 1 aromatic heterocycles. The molecule has 1 heterocycles. The van der Waals surface area contributed by atoms with Crippen molar-refractivity contribution in [3.63, 3.8) is 0 Å². The SMILES string of the molecule is CCC(C)(C)c1[nH]nc(N)c1-c1cccc(OC)c1. The number of nitrogens with one attached hydrogen (secondary N) is 1. The minimum absolute atomic E-state index is 0.00301. The number of nitrogens with two attached hydrogens (primary N) is 1. The molecule has 0 aliphatic rings. The van der Waals surface area contributed by atoms with Crippen LogP contribution in [0.5, 0.6) is 5.75 Å². The van der Waals surface area contributed by atoms with E-state index in [9.17, 15) is 0 Å². The summed E-state index contributed by atoms with van der Waals surface area (Å²) in [4.78, 5) is 0. The second-order valence-electron chi connectivity index (χ2n) is 5.33. The average Bonchev–Trinajstić information content (AvgIpc) is 2.81. The topological polar surface area (TPSA) is 63.9 Å². The number of H-pyrrole nitrogens is 1. The Hall–Kier alpha value is -1.97. The molecule has 0 spiro atoms. The lowest BCUT2D eigenvalue weighted by Crippen LogP contribution is -2.17. The second kappa shape index (κ2) is 4.96. The van der Waals surface area contributed by atoms with Gasteiger partial charge in [0.1, 0.15) is 5.75 Å². The summed E-state index contributed by atoms with van der Waals surface area (Å²) in [5, 5.41) is 7.26. The maximum atomic E-state index is 6.03. The first kappa shape index (κ1) is 13.5. The smallest absolute Gasteiger partial charge is 0.153 e. The fourth-order valence-electron chi connectivity index (χ4n) is 2.09. The van der Waals surface area contributed by atoms with Crippen molar-refractivity contribution in [3.8, 4) is 16.9 Å². The lowest BCUT2D eigenvalue weighted by atomic mass is 9.83. The first-order valence-electron chi connectivity index (χ1n) is 6.48. The molecular formula is C15H21N3O. The first-order chi connectivity index (χ1) is 8.99. The fraction of sp³-hybridized carbons (Fsp3) is 0.400. The molecule has 0 saturated heterocycles. The summed E-state index contributed by atoms with van der Waals surface area (Å²) in [7, 11) is 1.66. The van der Waals surface area contributed by atoms with Crippen LogP contribution >= 0.6 is 0 Å². The summed E-state index contributed by atoms with van der Waals surface area (Å²) in [6.45, 7) is 6.53. The van der Waals surface area contributed by atoms with Crippen LogP contribution in [0.2, 0.25) is 0 Å². The van der Waals surface area contributed by atoms with Gasteiger partial charge in [-0.15, -0.1) is 0 Å². The van der Waals surface area contributed by atoms with E-state index in [2.05, 4.69) is 31.0 Å². The van der Waals surface area contributed by atoms with Crippen molar-refractivity contribution in [3.05, 3.63) is 30.0 Å². The highest BCUT2D eigenvalue weighted by Gasteiger charge is 2.26. The molecule has 102 valence electrons. The van der Waals surface area contributed by atoms with E-state index in [1.54, 1.807) is 7.11 Å². The predicted molar refractivity (Wildman–Crippen MR) is 78.3 cm³/mol. The van der Waals surface area contributed by atoms with E-state index in [1.807, 2.05) is 24.3 Å². The van der Waals surface area contributed by atoms with Gasteiger partial charge in [-0.3, -0.25) is 5.10 Å². The van der Waals surface area contributed by atoms with Gasteiger partial charge in [-0.25, -0.2) is 0 Å². The van der Waals surface area contributed by atoms with Crippen LogP contribution in [0.1, 0.15) is 32.9 Å². The van der Waals surface area contributed by atoms with Crippen molar-refractivity contribution in [2.75, 3.05) is 12.8 Å². The van der Waals surface area contributed by atoms with Crippen LogP contribution in [0.4, 0.5) is 5.82 Å². The second-order valence-corrected chi connectivity index (χ2v) is 5.33. The number of nitrogens with zero attached hydrogens (tertiary/aromatic N) is 1. The lowest BCUT2D eigenvalue weighted by Gasteiger charge is -2.22. The van der Waals surface area contributed by atoms with Crippen LogP contribution in [0, 0.1) is 0 Å². The average molecular weight is 259 g/mol. The van der Waals surface area contributed by atoms with Gasteiger partial charge in [-0.05, 0) is 24.1 Å². The summed E-state index contributed by atoms with van der Waals surface area (Å²) in [5.41, 5.74) is 9.11. The van der Waals surface area contributed by atoms with E-state index in [0.717, 1.165) is 29.0 Å². The van der Waals surface area contributed by atoms with E-state index in [-0.39, 0.29) is 5.41 Å². The van der Waals surface area contributed by atoms with Gasteiger partial charge in [-0.2, -0.15) is 5.10 Å². The molecule has 0 bridgehead atoms. The van der Waals surface area contributed by atoms with Crippen LogP contribution < -0.4 is 10.5 Å². The van der Waals surface area contributed by atoms with Crippen molar-refractivity contribution in [1.82, 2.24) is 10.2 Å². The Balaban J connectivity index is 2.58. The van der Waals surface area contributed by atoms with Crippen molar-refractivity contribution in [2.45, 2.75) is 32.6 Å². The lowest BCUT2D eigenvalue weighted by molar-refractivity contribution is 0.415. The number of benzene rings is 1. The molecule has 0 aliphatic carbocycles. The first-order valence-corrected chi connectivity index (χ1v) is 6.48. The highest BCUT2D eigenvalue weighted by Crippen LogP contribution is 2.37. The van der Waals surface area contributed by atoms with E-state index in [0.29, 0.717) is 5.82 Å². The van der Waals surface area contributed by atoms with Gasteiger partial charge in [0.2, 0.25) is 0 Å². The molecule has 2 rings (SSSR count). The summed E-state index contributed by atoms with van der Waals surface area (Å²) in [6, 6.07) is 7.89.